The second-order valence-electron chi connectivity index (χ2n) is 5.77. The van der Waals surface area contributed by atoms with E-state index in [-0.39, 0.29) is 11.3 Å². The van der Waals surface area contributed by atoms with Gasteiger partial charge in [-0.2, -0.15) is 0 Å². The summed E-state index contributed by atoms with van der Waals surface area (Å²) in [6.07, 6.45) is -7.23. The molecule has 2 aromatic rings. The molecule has 0 spiro atoms. The number of carbonyl (C=O) groups is 1. The summed E-state index contributed by atoms with van der Waals surface area (Å²) in [5.41, 5.74) is -1.50. The summed E-state index contributed by atoms with van der Waals surface area (Å²) in [6.45, 7) is -0.602. The molecule has 5 N–H and O–H groups in total. The summed E-state index contributed by atoms with van der Waals surface area (Å²) in [7, 11) is 0. The number of benzene rings is 1. The number of carboxylic acids is 1. The molecular formula is C16H16O10. The van der Waals surface area contributed by atoms with Crippen LogP contribution in [0.5, 0.6) is 5.75 Å². The van der Waals surface area contributed by atoms with Crippen molar-refractivity contribution < 1.29 is 44.2 Å². The molecule has 0 saturated carbocycles. The van der Waals surface area contributed by atoms with E-state index in [4.69, 9.17) is 24.1 Å². The van der Waals surface area contributed by atoms with Crippen LogP contribution in [0.25, 0.3) is 11.0 Å². The summed E-state index contributed by atoms with van der Waals surface area (Å²) in [5, 5.41) is 47.9. The first-order valence-electron chi connectivity index (χ1n) is 7.60. The van der Waals surface area contributed by atoms with Gasteiger partial charge in [-0.3, -0.25) is 0 Å². The number of aliphatic hydroxyl groups is 4. The Hall–Kier alpha value is -2.50. The standard InChI is InChI=1S/C16H16O10/c17-5-10-11(18)12(19)13(20)16(26-10)24-7-2-1-6-3-8(14(21)22)15(23)25-9(6)4-7/h1-4,10-13,16-20H,5H2,(H,21,22)/t10-,11+,12+,13-,16?/m1/s1. The first-order valence-corrected chi connectivity index (χ1v) is 7.60. The molecule has 5 atom stereocenters. The molecule has 0 amide bonds. The third kappa shape index (κ3) is 3.28. The highest BCUT2D eigenvalue weighted by Crippen LogP contribution is 2.26. The van der Waals surface area contributed by atoms with Gasteiger partial charge >= 0.3 is 11.6 Å². The van der Waals surface area contributed by atoms with Gasteiger partial charge in [-0.1, -0.05) is 0 Å². The Morgan fingerprint density at radius 3 is 2.50 bits per heavy atom. The Labute approximate surface area is 145 Å². The predicted octanol–water partition coefficient (Wildman–Crippen LogP) is -1.33. The van der Waals surface area contributed by atoms with E-state index in [1.165, 1.54) is 18.2 Å². The highest BCUT2D eigenvalue weighted by molar-refractivity contribution is 5.91. The van der Waals surface area contributed by atoms with Crippen LogP contribution in [-0.4, -0.2) is 68.8 Å². The van der Waals surface area contributed by atoms with Crippen LogP contribution < -0.4 is 10.4 Å². The van der Waals surface area contributed by atoms with Gasteiger partial charge in [0, 0.05) is 11.5 Å². The zero-order chi connectivity index (χ0) is 19.0. The maximum absolute atomic E-state index is 11.6. The average Bonchev–Trinajstić information content (AvgIpc) is 2.61. The second-order valence-corrected chi connectivity index (χ2v) is 5.77. The van der Waals surface area contributed by atoms with Crippen molar-refractivity contribution in [3.8, 4) is 5.75 Å². The number of carboxylic acid groups (broad SMARTS) is 1. The van der Waals surface area contributed by atoms with Crippen molar-refractivity contribution >= 4 is 16.9 Å². The Morgan fingerprint density at radius 1 is 1.12 bits per heavy atom. The number of fused-ring (bicyclic) bond motifs is 1. The Morgan fingerprint density at radius 2 is 1.85 bits per heavy atom. The van der Waals surface area contributed by atoms with Gasteiger partial charge in [0.1, 0.15) is 41.3 Å². The molecule has 1 aliphatic rings. The third-order valence-corrected chi connectivity index (χ3v) is 4.04. The maximum atomic E-state index is 11.6. The summed E-state index contributed by atoms with van der Waals surface area (Å²) in [4.78, 5) is 22.6. The lowest BCUT2D eigenvalue weighted by molar-refractivity contribution is -0.277. The van der Waals surface area contributed by atoms with Crippen LogP contribution in [0.3, 0.4) is 0 Å². The molecule has 0 aliphatic carbocycles. The van der Waals surface area contributed by atoms with Crippen molar-refractivity contribution in [1.82, 2.24) is 0 Å². The Kier molecular flexibility index (Phi) is 4.94. The molecule has 1 unspecified atom stereocenters. The second kappa shape index (κ2) is 7.02. The van der Waals surface area contributed by atoms with E-state index < -0.39 is 54.5 Å². The number of hydrogen-bond donors (Lipinski definition) is 5. The largest absolute Gasteiger partial charge is 0.477 e. The van der Waals surface area contributed by atoms with Crippen molar-refractivity contribution in [2.24, 2.45) is 0 Å². The third-order valence-electron chi connectivity index (χ3n) is 4.04. The summed E-state index contributed by atoms with van der Waals surface area (Å²) in [5.74, 6) is -1.32. The van der Waals surface area contributed by atoms with Gasteiger partial charge < -0.3 is 39.4 Å². The molecule has 1 aliphatic heterocycles. The summed E-state index contributed by atoms with van der Waals surface area (Å²) >= 11 is 0. The molecular weight excluding hydrogens is 352 g/mol. The first-order chi connectivity index (χ1) is 12.3. The van der Waals surface area contributed by atoms with E-state index in [2.05, 4.69) is 0 Å². The van der Waals surface area contributed by atoms with Crippen molar-refractivity contribution in [3.05, 3.63) is 40.2 Å². The zero-order valence-electron chi connectivity index (χ0n) is 13.2. The first kappa shape index (κ1) is 18.3. The Bertz CT molecular complexity index is 873. The van der Waals surface area contributed by atoms with Crippen molar-refractivity contribution in [2.45, 2.75) is 30.7 Å². The van der Waals surface area contributed by atoms with E-state index in [0.717, 1.165) is 6.07 Å². The van der Waals surface area contributed by atoms with Gasteiger partial charge in [0.15, 0.2) is 0 Å². The molecule has 1 aromatic heterocycles. The molecule has 1 fully saturated rings. The number of aromatic carboxylic acids is 1. The van der Waals surface area contributed by atoms with Gasteiger partial charge in [-0.15, -0.1) is 0 Å². The van der Waals surface area contributed by atoms with Gasteiger partial charge in [-0.05, 0) is 18.2 Å². The van der Waals surface area contributed by atoms with Gasteiger partial charge in [0.2, 0.25) is 6.29 Å². The van der Waals surface area contributed by atoms with Gasteiger partial charge in [0.05, 0.1) is 6.61 Å². The van der Waals surface area contributed by atoms with E-state index in [1.807, 2.05) is 0 Å². The molecule has 140 valence electrons. The predicted molar refractivity (Wildman–Crippen MR) is 83.8 cm³/mol. The fourth-order valence-corrected chi connectivity index (χ4v) is 2.61. The number of ether oxygens (including phenoxy) is 2. The fourth-order valence-electron chi connectivity index (χ4n) is 2.61. The summed E-state index contributed by atoms with van der Waals surface area (Å²) in [6, 6.07) is 5.28. The lowest BCUT2D eigenvalue weighted by Crippen LogP contribution is -2.60. The monoisotopic (exact) mass is 368 g/mol. The smallest absolute Gasteiger partial charge is 0.351 e. The minimum Gasteiger partial charge on any atom is -0.477 e. The lowest BCUT2D eigenvalue weighted by atomic mass is 9.99. The van der Waals surface area contributed by atoms with Crippen LogP contribution in [-0.2, 0) is 4.74 Å². The molecule has 0 radical (unpaired) electrons. The normalized spacial score (nSPS) is 28.8. The van der Waals surface area contributed by atoms with Crippen LogP contribution in [0, 0.1) is 0 Å². The molecule has 2 heterocycles. The molecule has 10 heteroatoms. The van der Waals surface area contributed by atoms with E-state index in [1.54, 1.807) is 0 Å². The highest BCUT2D eigenvalue weighted by Gasteiger charge is 2.44. The topological polar surface area (TPSA) is 167 Å². The molecule has 1 saturated heterocycles. The number of rotatable bonds is 4. The van der Waals surface area contributed by atoms with Crippen molar-refractivity contribution in [3.63, 3.8) is 0 Å². The SMILES string of the molecule is O=C(O)c1cc2ccc(OC3O[C@H](CO)[C@H](O)[C@H](O)[C@H]3O)cc2oc1=O. The van der Waals surface area contributed by atoms with Crippen LogP contribution in [0.15, 0.2) is 33.5 Å². The Balaban J connectivity index is 1.88. The van der Waals surface area contributed by atoms with Crippen LogP contribution in [0.4, 0.5) is 0 Å². The van der Waals surface area contributed by atoms with Gasteiger partial charge in [-0.25, -0.2) is 9.59 Å². The van der Waals surface area contributed by atoms with Gasteiger partial charge in [0.25, 0.3) is 0 Å². The molecule has 10 nitrogen and oxygen atoms in total. The zero-order valence-corrected chi connectivity index (χ0v) is 13.2. The molecule has 3 rings (SSSR count). The van der Waals surface area contributed by atoms with Crippen molar-refractivity contribution in [2.75, 3.05) is 6.61 Å². The van der Waals surface area contributed by atoms with E-state index >= 15 is 0 Å². The minimum atomic E-state index is -1.59. The molecule has 1 aromatic carbocycles. The molecule has 26 heavy (non-hydrogen) atoms. The summed E-state index contributed by atoms with van der Waals surface area (Å²) < 4.78 is 15.6. The number of hydrogen-bond acceptors (Lipinski definition) is 9. The van der Waals surface area contributed by atoms with Crippen molar-refractivity contribution in [1.29, 1.82) is 0 Å². The fraction of sp³-hybridized carbons (Fsp3) is 0.375. The van der Waals surface area contributed by atoms with E-state index in [0.29, 0.717) is 5.39 Å². The van der Waals surface area contributed by atoms with E-state index in [9.17, 15) is 24.9 Å². The number of aliphatic hydroxyl groups excluding tert-OH is 4. The lowest BCUT2D eigenvalue weighted by Gasteiger charge is -2.39. The molecule has 0 bridgehead atoms. The minimum absolute atomic E-state index is 0.0436. The quantitative estimate of drug-likeness (QED) is 0.408. The average molecular weight is 368 g/mol. The highest BCUT2D eigenvalue weighted by atomic mass is 16.7. The maximum Gasteiger partial charge on any atom is 0.351 e. The van der Waals surface area contributed by atoms with Crippen LogP contribution in [0.2, 0.25) is 0 Å². The van der Waals surface area contributed by atoms with Crippen LogP contribution >= 0.6 is 0 Å². The van der Waals surface area contributed by atoms with Crippen LogP contribution in [0.1, 0.15) is 10.4 Å².